The molecule has 3 aliphatic heterocycles. The van der Waals surface area contributed by atoms with E-state index in [4.69, 9.17) is 9.84 Å². The van der Waals surface area contributed by atoms with E-state index in [0.29, 0.717) is 29.8 Å². The summed E-state index contributed by atoms with van der Waals surface area (Å²) < 4.78 is 5.79. The van der Waals surface area contributed by atoms with E-state index in [1.807, 2.05) is 22.8 Å². The van der Waals surface area contributed by atoms with E-state index < -0.39 is 12.0 Å². The smallest absolute Gasteiger partial charge is 0.328 e. The number of anilines is 1. The second kappa shape index (κ2) is 11.7. The molecule has 0 radical (unpaired) electrons. The molecule has 3 aliphatic rings. The minimum absolute atomic E-state index is 0.0427. The Morgan fingerprint density at radius 2 is 1.69 bits per heavy atom. The summed E-state index contributed by atoms with van der Waals surface area (Å²) in [6, 6.07) is 4.92. The molecule has 0 aromatic heterocycles. The number of hydrogen-bond acceptors (Lipinski definition) is 6. The minimum Gasteiger partial charge on any atom is -0.484 e. The Labute approximate surface area is 211 Å². The van der Waals surface area contributed by atoms with E-state index in [-0.39, 0.29) is 31.4 Å². The van der Waals surface area contributed by atoms with E-state index in [1.54, 1.807) is 12.1 Å². The summed E-state index contributed by atoms with van der Waals surface area (Å²) in [7, 11) is 0. The highest BCUT2D eigenvalue weighted by Gasteiger charge is 2.28. The van der Waals surface area contributed by atoms with Crippen LogP contribution in [-0.2, 0) is 14.4 Å². The highest BCUT2D eigenvalue weighted by atomic mass is 16.5. The van der Waals surface area contributed by atoms with Gasteiger partial charge < -0.3 is 14.7 Å². The summed E-state index contributed by atoms with van der Waals surface area (Å²) >= 11 is 0. The average Bonchev–Trinajstić information content (AvgIpc) is 2.85. The Morgan fingerprint density at radius 1 is 1.03 bits per heavy atom. The SMILES string of the molecule is Cc1ccc(OCC(=O)N2CCC(CC3CCN(CC(=O)O)CC3)CC2)cc1N1CCC(=O)NC1=O. The zero-order valence-electron chi connectivity index (χ0n) is 20.9. The number of nitrogens with zero attached hydrogens (tertiary/aromatic N) is 3. The van der Waals surface area contributed by atoms with Crippen LogP contribution in [0.4, 0.5) is 10.5 Å². The summed E-state index contributed by atoms with van der Waals surface area (Å²) in [6.07, 6.45) is 5.47. The number of aryl methyl sites for hydroxylation is 1. The van der Waals surface area contributed by atoms with Crippen molar-refractivity contribution in [3.05, 3.63) is 23.8 Å². The van der Waals surface area contributed by atoms with Crippen LogP contribution < -0.4 is 15.0 Å². The number of rotatable bonds is 8. The van der Waals surface area contributed by atoms with E-state index in [9.17, 15) is 19.2 Å². The molecule has 10 nitrogen and oxygen atoms in total. The Bertz CT molecular complexity index is 983. The zero-order chi connectivity index (χ0) is 25.7. The van der Waals surface area contributed by atoms with Gasteiger partial charge in [-0.05, 0) is 75.6 Å². The van der Waals surface area contributed by atoms with Crippen molar-refractivity contribution >= 4 is 29.5 Å². The predicted octanol–water partition coefficient (Wildman–Crippen LogP) is 2.25. The Morgan fingerprint density at radius 3 is 2.33 bits per heavy atom. The van der Waals surface area contributed by atoms with Crippen LogP contribution in [0.3, 0.4) is 0 Å². The Hall–Kier alpha value is -3.14. The molecule has 196 valence electrons. The molecule has 1 aromatic rings. The first-order valence-corrected chi connectivity index (χ1v) is 12.8. The van der Waals surface area contributed by atoms with E-state index in [0.717, 1.165) is 63.8 Å². The fraction of sp³-hybridized carbons (Fsp3) is 0.615. The van der Waals surface area contributed by atoms with Crippen molar-refractivity contribution in [2.24, 2.45) is 11.8 Å². The van der Waals surface area contributed by atoms with Crippen molar-refractivity contribution < 1.29 is 29.0 Å². The van der Waals surface area contributed by atoms with Gasteiger partial charge in [-0.2, -0.15) is 0 Å². The van der Waals surface area contributed by atoms with Gasteiger partial charge in [-0.25, -0.2) is 4.79 Å². The monoisotopic (exact) mass is 500 g/mol. The van der Waals surface area contributed by atoms with Crippen LogP contribution in [0, 0.1) is 18.8 Å². The lowest BCUT2D eigenvalue weighted by Crippen LogP contribution is -2.49. The molecule has 0 atom stereocenters. The maximum atomic E-state index is 12.8. The molecule has 4 rings (SSSR count). The molecule has 0 saturated carbocycles. The number of ether oxygens (including phenoxy) is 1. The van der Waals surface area contributed by atoms with Crippen molar-refractivity contribution in [3.63, 3.8) is 0 Å². The number of carbonyl (C=O) groups is 4. The lowest BCUT2D eigenvalue weighted by Gasteiger charge is -2.36. The van der Waals surface area contributed by atoms with Gasteiger partial charge in [-0.1, -0.05) is 6.07 Å². The quantitative estimate of drug-likeness (QED) is 0.562. The van der Waals surface area contributed by atoms with Gasteiger partial charge in [0.2, 0.25) is 5.91 Å². The molecular formula is C26H36N4O6. The van der Waals surface area contributed by atoms with Gasteiger partial charge >= 0.3 is 12.0 Å². The molecular weight excluding hydrogens is 464 g/mol. The highest BCUT2D eigenvalue weighted by molar-refractivity contribution is 6.06. The van der Waals surface area contributed by atoms with E-state index in [2.05, 4.69) is 5.32 Å². The number of hydrogen-bond donors (Lipinski definition) is 2. The Balaban J connectivity index is 1.20. The minimum atomic E-state index is -0.760. The topological polar surface area (TPSA) is 119 Å². The summed E-state index contributed by atoms with van der Waals surface area (Å²) in [5.41, 5.74) is 1.55. The first-order chi connectivity index (χ1) is 17.3. The summed E-state index contributed by atoms with van der Waals surface area (Å²) in [5, 5.41) is 11.3. The number of imide groups is 1. The number of carbonyl (C=O) groups excluding carboxylic acids is 3. The van der Waals surface area contributed by atoms with Crippen molar-refractivity contribution in [2.45, 2.75) is 45.4 Å². The van der Waals surface area contributed by atoms with Crippen LogP contribution in [-0.4, -0.2) is 84.6 Å². The normalized spacial score (nSPS) is 20.4. The van der Waals surface area contributed by atoms with Gasteiger partial charge in [0.05, 0.1) is 12.2 Å². The van der Waals surface area contributed by atoms with Gasteiger partial charge in [0.1, 0.15) is 5.75 Å². The molecule has 3 heterocycles. The number of urea groups is 1. The maximum absolute atomic E-state index is 12.8. The fourth-order valence-electron chi connectivity index (χ4n) is 5.46. The molecule has 10 heteroatoms. The molecule has 4 amide bonds. The average molecular weight is 501 g/mol. The third-order valence-corrected chi connectivity index (χ3v) is 7.59. The largest absolute Gasteiger partial charge is 0.484 e. The second-order valence-corrected chi connectivity index (χ2v) is 10.2. The van der Waals surface area contributed by atoms with Crippen LogP contribution in [0.2, 0.25) is 0 Å². The summed E-state index contributed by atoms with van der Waals surface area (Å²) in [4.78, 5) is 52.7. The number of likely N-dealkylation sites (tertiary alicyclic amines) is 2. The van der Waals surface area contributed by atoms with Gasteiger partial charge in [0.25, 0.3) is 5.91 Å². The molecule has 3 fully saturated rings. The third kappa shape index (κ3) is 6.75. The number of carboxylic acids is 1. The molecule has 0 unspecified atom stereocenters. The number of benzene rings is 1. The standard InChI is InChI=1S/C26H36N4O6/c1-18-2-3-21(15-22(18)30-13-8-23(31)27-26(30)35)36-17-24(32)29-11-6-20(7-12-29)14-19-4-9-28(10-5-19)16-25(33)34/h2-3,15,19-20H,4-14,16-17H2,1H3,(H,33,34)(H,27,31,35). The number of nitrogens with one attached hydrogen (secondary N) is 1. The van der Waals surface area contributed by atoms with Crippen LogP contribution in [0.25, 0.3) is 0 Å². The van der Waals surface area contributed by atoms with Crippen molar-refractivity contribution in [1.29, 1.82) is 0 Å². The lowest BCUT2D eigenvalue weighted by molar-refractivity contribution is -0.139. The number of carboxylic acid groups (broad SMARTS) is 1. The van der Waals surface area contributed by atoms with Gasteiger partial charge in [-0.3, -0.25) is 29.5 Å². The van der Waals surface area contributed by atoms with E-state index >= 15 is 0 Å². The maximum Gasteiger partial charge on any atom is 0.328 e. The number of amides is 4. The zero-order valence-corrected chi connectivity index (χ0v) is 20.9. The molecule has 0 aliphatic carbocycles. The first kappa shape index (κ1) is 25.9. The number of aliphatic carboxylic acids is 1. The Kier molecular flexibility index (Phi) is 8.45. The van der Waals surface area contributed by atoms with Gasteiger partial charge in [0.15, 0.2) is 6.61 Å². The van der Waals surface area contributed by atoms with Crippen LogP contribution >= 0.6 is 0 Å². The molecule has 0 spiro atoms. The molecule has 1 aromatic carbocycles. The van der Waals surface area contributed by atoms with Crippen LogP contribution in [0.5, 0.6) is 5.75 Å². The molecule has 3 saturated heterocycles. The number of piperidine rings is 2. The molecule has 2 N–H and O–H groups in total. The molecule has 0 bridgehead atoms. The summed E-state index contributed by atoms with van der Waals surface area (Å²) in [5.74, 6) is 0.674. The van der Waals surface area contributed by atoms with Crippen molar-refractivity contribution in [3.8, 4) is 5.75 Å². The van der Waals surface area contributed by atoms with Gasteiger partial charge in [-0.15, -0.1) is 0 Å². The summed E-state index contributed by atoms with van der Waals surface area (Å²) in [6.45, 7) is 5.44. The molecule has 36 heavy (non-hydrogen) atoms. The van der Waals surface area contributed by atoms with Crippen LogP contribution in [0.1, 0.15) is 44.1 Å². The van der Waals surface area contributed by atoms with Gasteiger partial charge in [0, 0.05) is 32.1 Å². The van der Waals surface area contributed by atoms with Crippen molar-refractivity contribution in [2.75, 3.05) is 50.8 Å². The predicted molar refractivity (Wildman–Crippen MR) is 133 cm³/mol. The lowest BCUT2D eigenvalue weighted by atomic mass is 9.83. The second-order valence-electron chi connectivity index (χ2n) is 10.2. The highest BCUT2D eigenvalue weighted by Crippen LogP contribution is 2.30. The third-order valence-electron chi connectivity index (χ3n) is 7.59. The first-order valence-electron chi connectivity index (χ1n) is 12.8. The fourth-order valence-corrected chi connectivity index (χ4v) is 5.46. The van der Waals surface area contributed by atoms with Crippen molar-refractivity contribution in [1.82, 2.24) is 15.1 Å². The van der Waals surface area contributed by atoms with Crippen LogP contribution in [0.15, 0.2) is 18.2 Å². The van der Waals surface area contributed by atoms with E-state index in [1.165, 1.54) is 4.90 Å².